The molecular formula is C24H30F3NO4. The van der Waals surface area contributed by atoms with Crippen LogP contribution in [-0.4, -0.2) is 64.8 Å². The van der Waals surface area contributed by atoms with E-state index in [1.165, 1.54) is 12.1 Å². The molecule has 0 spiro atoms. The van der Waals surface area contributed by atoms with Crippen LogP contribution in [0.3, 0.4) is 0 Å². The summed E-state index contributed by atoms with van der Waals surface area (Å²) < 4.78 is 46.2. The van der Waals surface area contributed by atoms with Crippen LogP contribution in [-0.2, 0) is 17.5 Å². The first-order chi connectivity index (χ1) is 15.3. The van der Waals surface area contributed by atoms with Gasteiger partial charge in [0.2, 0.25) is 0 Å². The Kier molecular flexibility index (Phi) is 8.67. The second-order valence-electron chi connectivity index (χ2n) is 8.23. The number of hydrogen-bond acceptors (Lipinski definition) is 5. The molecule has 3 rings (SSSR count). The third kappa shape index (κ3) is 6.76. The fourth-order valence-electron chi connectivity index (χ4n) is 3.93. The van der Waals surface area contributed by atoms with E-state index in [1.807, 2.05) is 11.0 Å². The van der Waals surface area contributed by atoms with Gasteiger partial charge in [0.05, 0.1) is 24.4 Å². The summed E-state index contributed by atoms with van der Waals surface area (Å²) in [5.41, 5.74) is 0.686. The van der Waals surface area contributed by atoms with Gasteiger partial charge in [0, 0.05) is 19.7 Å². The van der Waals surface area contributed by atoms with Crippen LogP contribution in [0.4, 0.5) is 13.2 Å². The van der Waals surface area contributed by atoms with Crippen molar-refractivity contribution in [1.82, 2.24) is 4.90 Å². The van der Waals surface area contributed by atoms with E-state index in [1.54, 1.807) is 30.3 Å². The van der Waals surface area contributed by atoms with E-state index in [2.05, 4.69) is 0 Å². The second kappa shape index (κ2) is 11.2. The number of hydrogen-bond donors (Lipinski definition) is 3. The molecule has 1 aliphatic rings. The van der Waals surface area contributed by atoms with Crippen LogP contribution in [0.15, 0.2) is 48.5 Å². The number of β-amino-alcohol motifs (C(OH)–C–C–N with tert-alkyl or cyclic N) is 2. The minimum Gasteiger partial charge on any atom is -0.389 e. The Labute approximate surface area is 186 Å². The molecule has 1 saturated heterocycles. The van der Waals surface area contributed by atoms with Gasteiger partial charge in [-0.25, -0.2) is 0 Å². The minimum absolute atomic E-state index is 0.105. The molecular weight excluding hydrogens is 423 g/mol. The van der Waals surface area contributed by atoms with Crippen LogP contribution >= 0.6 is 0 Å². The molecule has 2 aromatic rings. The summed E-state index contributed by atoms with van der Waals surface area (Å²) in [6.45, 7) is 1.54. The quantitative estimate of drug-likeness (QED) is 0.508. The van der Waals surface area contributed by atoms with Crippen molar-refractivity contribution >= 4 is 0 Å². The molecule has 176 valence electrons. The summed E-state index contributed by atoms with van der Waals surface area (Å²) in [6.07, 6.45) is -5.17. The van der Waals surface area contributed by atoms with Crippen molar-refractivity contribution < 1.29 is 33.2 Å². The summed E-state index contributed by atoms with van der Waals surface area (Å²) >= 11 is 0. The van der Waals surface area contributed by atoms with E-state index >= 15 is 0 Å². The molecule has 3 atom stereocenters. The van der Waals surface area contributed by atoms with Gasteiger partial charge in [-0.3, -0.25) is 4.90 Å². The van der Waals surface area contributed by atoms with Crippen molar-refractivity contribution in [3.8, 4) is 11.1 Å². The van der Waals surface area contributed by atoms with Gasteiger partial charge in [0.15, 0.2) is 0 Å². The number of rotatable bonds is 9. The fraction of sp³-hybridized carbons (Fsp3) is 0.500. The summed E-state index contributed by atoms with van der Waals surface area (Å²) in [4.78, 5) is 1.90. The zero-order chi connectivity index (χ0) is 23.1. The number of benzene rings is 2. The molecule has 5 nitrogen and oxygen atoms in total. The standard InChI is InChI=1S/C24H30F3NO4/c25-24(26,27)20-13-18(17-7-3-1-4-8-17)9-10-19(20)16-32-12-6-2-5-11-28-14-21(29)23(31)22(30)15-28/h1,3-4,7-10,13,21-23,29-31H,2,5-6,11-12,14-16H2/t21-,22+,23?. The second-order valence-corrected chi connectivity index (χ2v) is 8.23. The molecule has 1 unspecified atom stereocenters. The number of halogens is 3. The highest BCUT2D eigenvalue weighted by Crippen LogP contribution is 2.35. The largest absolute Gasteiger partial charge is 0.416 e. The van der Waals surface area contributed by atoms with Crippen LogP contribution in [0.25, 0.3) is 11.1 Å². The lowest BCUT2D eigenvalue weighted by molar-refractivity contribution is -0.138. The maximum atomic E-state index is 13.6. The van der Waals surface area contributed by atoms with Crippen molar-refractivity contribution in [2.75, 3.05) is 26.2 Å². The third-order valence-electron chi connectivity index (χ3n) is 5.72. The van der Waals surface area contributed by atoms with E-state index in [9.17, 15) is 28.5 Å². The van der Waals surface area contributed by atoms with Gasteiger partial charge >= 0.3 is 6.18 Å². The van der Waals surface area contributed by atoms with Crippen LogP contribution in [0.2, 0.25) is 0 Å². The lowest BCUT2D eigenvalue weighted by Crippen LogP contribution is -2.55. The Morgan fingerprint density at radius 3 is 2.22 bits per heavy atom. The first-order valence-electron chi connectivity index (χ1n) is 10.9. The van der Waals surface area contributed by atoms with Crippen LogP contribution in [0, 0.1) is 0 Å². The number of alkyl halides is 3. The molecule has 1 aliphatic heterocycles. The molecule has 8 heteroatoms. The normalized spacial score (nSPS) is 22.2. The van der Waals surface area contributed by atoms with Crippen LogP contribution in [0.1, 0.15) is 30.4 Å². The number of aliphatic hydroxyl groups excluding tert-OH is 3. The highest BCUT2D eigenvalue weighted by Gasteiger charge is 2.34. The summed E-state index contributed by atoms with van der Waals surface area (Å²) in [7, 11) is 0. The smallest absolute Gasteiger partial charge is 0.389 e. The number of likely N-dealkylation sites (tertiary alicyclic amines) is 1. The molecule has 0 aromatic heterocycles. The predicted molar refractivity (Wildman–Crippen MR) is 115 cm³/mol. The van der Waals surface area contributed by atoms with E-state index in [-0.39, 0.29) is 12.2 Å². The molecule has 2 aromatic carbocycles. The molecule has 1 heterocycles. The number of unbranched alkanes of at least 4 members (excludes halogenated alkanes) is 2. The molecule has 0 amide bonds. The summed E-state index contributed by atoms with van der Waals surface area (Å²) in [5.74, 6) is 0. The average Bonchev–Trinajstić information content (AvgIpc) is 2.76. The van der Waals surface area contributed by atoms with E-state index in [4.69, 9.17) is 4.74 Å². The van der Waals surface area contributed by atoms with Gasteiger partial charge in [0.25, 0.3) is 0 Å². The fourth-order valence-corrected chi connectivity index (χ4v) is 3.93. The predicted octanol–water partition coefficient (Wildman–Crippen LogP) is 3.46. The number of piperidine rings is 1. The Bertz CT molecular complexity index is 835. The highest BCUT2D eigenvalue weighted by atomic mass is 19.4. The average molecular weight is 454 g/mol. The zero-order valence-electron chi connectivity index (χ0n) is 17.8. The Morgan fingerprint density at radius 2 is 1.56 bits per heavy atom. The van der Waals surface area contributed by atoms with Gasteiger partial charge in [0.1, 0.15) is 6.10 Å². The van der Waals surface area contributed by atoms with E-state index in [0.29, 0.717) is 38.2 Å². The molecule has 0 radical (unpaired) electrons. The van der Waals surface area contributed by atoms with Gasteiger partial charge in [-0.2, -0.15) is 13.2 Å². The lowest BCUT2D eigenvalue weighted by atomic mass is 9.99. The van der Waals surface area contributed by atoms with Crippen molar-refractivity contribution in [1.29, 1.82) is 0 Å². The maximum absolute atomic E-state index is 13.6. The minimum atomic E-state index is -4.46. The van der Waals surface area contributed by atoms with Gasteiger partial charge in [-0.1, -0.05) is 42.5 Å². The maximum Gasteiger partial charge on any atom is 0.416 e. The monoisotopic (exact) mass is 453 g/mol. The van der Waals surface area contributed by atoms with E-state index in [0.717, 1.165) is 18.4 Å². The Morgan fingerprint density at radius 1 is 0.875 bits per heavy atom. The topological polar surface area (TPSA) is 73.2 Å². The SMILES string of the molecule is OC1[C@H](O)CN(CCCCCOCc2ccc(-c3ccccc3)cc2C(F)(F)F)C[C@@H]1O. The highest BCUT2D eigenvalue weighted by molar-refractivity contribution is 5.65. The van der Waals surface area contributed by atoms with Crippen LogP contribution < -0.4 is 0 Å². The molecule has 1 fully saturated rings. The van der Waals surface area contributed by atoms with Crippen LogP contribution in [0.5, 0.6) is 0 Å². The molecule has 0 bridgehead atoms. The zero-order valence-corrected chi connectivity index (χ0v) is 17.8. The third-order valence-corrected chi connectivity index (χ3v) is 5.72. The lowest BCUT2D eigenvalue weighted by Gasteiger charge is -2.36. The van der Waals surface area contributed by atoms with Gasteiger partial charge in [-0.15, -0.1) is 0 Å². The van der Waals surface area contributed by atoms with Gasteiger partial charge in [-0.05, 0) is 48.6 Å². The first kappa shape index (κ1) is 24.7. The summed E-state index contributed by atoms with van der Waals surface area (Å²) in [6, 6.07) is 13.3. The summed E-state index contributed by atoms with van der Waals surface area (Å²) in [5, 5.41) is 29.0. The molecule has 3 N–H and O–H groups in total. The van der Waals surface area contributed by atoms with Crippen molar-refractivity contribution in [2.24, 2.45) is 0 Å². The van der Waals surface area contributed by atoms with Crippen molar-refractivity contribution in [3.05, 3.63) is 59.7 Å². The van der Waals surface area contributed by atoms with Crippen molar-refractivity contribution in [3.63, 3.8) is 0 Å². The number of ether oxygens (including phenoxy) is 1. The van der Waals surface area contributed by atoms with Gasteiger partial charge < -0.3 is 20.1 Å². The Hall–Kier alpha value is -1.97. The molecule has 0 saturated carbocycles. The Balaban J connectivity index is 1.44. The number of aliphatic hydroxyl groups is 3. The molecule has 0 aliphatic carbocycles. The first-order valence-corrected chi connectivity index (χ1v) is 10.9. The number of nitrogens with zero attached hydrogens (tertiary/aromatic N) is 1. The molecule has 32 heavy (non-hydrogen) atoms. The van der Waals surface area contributed by atoms with Crippen molar-refractivity contribution in [2.45, 2.75) is 50.4 Å². The van der Waals surface area contributed by atoms with E-state index < -0.39 is 30.1 Å².